The molecule has 1 aliphatic rings. The Morgan fingerprint density at radius 1 is 1.25 bits per heavy atom. The summed E-state index contributed by atoms with van der Waals surface area (Å²) >= 11 is 0. The van der Waals surface area contributed by atoms with Crippen LogP contribution in [-0.2, 0) is 0 Å². The number of para-hydroxylation sites is 1. The molecule has 2 atom stereocenters. The van der Waals surface area contributed by atoms with Crippen molar-refractivity contribution in [3.63, 3.8) is 0 Å². The van der Waals surface area contributed by atoms with Gasteiger partial charge in [0.15, 0.2) is 0 Å². The predicted octanol–water partition coefficient (Wildman–Crippen LogP) is 3.71. The number of hydrogen-bond acceptors (Lipinski definition) is 5. The maximum absolute atomic E-state index is 13.2. The Morgan fingerprint density at radius 2 is 2.06 bits per heavy atom. The molecule has 2 amide bonds. The Hall–Kier alpha value is -3.62. The quantitative estimate of drug-likeness (QED) is 0.467. The standard InChI is InChI=1S/C23H28N6O3/c1-13(2)27-21-18-6-4-5-17(14-10-25-26-11-14)20(18)24-12-19(21)22(30)28-15-7-8-16(9-15)29(3)23(31)32/h4-6,10-13,15-16H,7-9H2,1-3H3,(H,24,27)(H,25,26)(H,28,30)(H,31,32)/t15-,16-/m0/s1. The van der Waals surface area contributed by atoms with E-state index in [0.29, 0.717) is 12.0 Å². The first kappa shape index (κ1) is 21.6. The van der Waals surface area contributed by atoms with E-state index in [9.17, 15) is 14.7 Å². The van der Waals surface area contributed by atoms with E-state index in [1.54, 1.807) is 19.4 Å². The summed E-state index contributed by atoms with van der Waals surface area (Å²) in [6.45, 7) is 4.05. The number of rotatable bonds is 6. The van der Waals surface area contributed by atoms with Crippen molar-refractivity contribution in [2.24, 2.45) is 0 Å². The average molecular weight is 437 g/mol. The number of anilines is 1. The highest BCUT2D eigenvalue weighted by atomic mass is 16.4. The second-order valence-electron chi connectivity index (χ2n) is 8.57. The maximum atomic E-state index is 13.2. The van der Waals surface area contributed by atoms with Gasteiger partial charge in [0.05, 0.1) is 23.0 Å². The third kappa shape index (κ3) is 4.23. The van der Waals surface area contributed by atoms with Crippen molar-refractivity contribution in [3.8, 4) is 11.1 Å². The molecule has 3 aromatic rings. The zero-order chi connectivity index (χ0) is 22.8. The number of fused-ring (bicyclic) bond motifs is 1. The average Bonchev–Trinajstić information content (AvgIpc) is 3.45. The van der Waals surface area contributed by atoms with Crippen LogP contribution in [0, 0.1) is 0 Å². The van der Waals surface area contributed by atoms with Crippen LogP contribution in [-0.4, -0.2) is 62.4 Å². The first-order valence-electron chi connectivity index (χ1n) is 10.8. The fourth-order valence-electron chi connectivity index (χ4n) is 4.33. The molecule has 0 aliphatic heterocycles. The number of hydrogen-bond donors (Lipinski definition) is 4. The Balaban J connectivity index is 1.65. The monoisotopic (exact) mass is 436 g/mol. The Kier molecular flexibility index (Phi) is 5.98. The number of carbonyl (C=O) groups is 2. The first-order chi connectivity index (χ1) is 15.3. The van der Waals surface area contributed by atoms with Crippen LogP contribution in [0.5, 0.6) is 0 Å². The normalized spacial score (nSPS) is 18.1. The van der Waals surface area contributed by atoms with Crippen molar-refractivity contribution in [2.75, 3.05) is 12.4 Å². The first-order valence-corrected chi connectivity index (χ1v) is 10.8. The van der Waals surface area contributed by atoms with E-state index in [1.807, 2.05) is 38.2 Å². The number of aromatic nitrogens is 3. The van der Waals surface area contributed by atoms with Crippen molar-refractivity contribution in [1.82, 2.24) is 25.4 Å². The largest absolute Gasteiger partial charge is 0.465 e. The van der Waals surface area contributed by atoms with Crippen LogP contribution in [0.2, 0.25) is 0 Å². The fourth-order valence-corrected chi connectivity index (χ4v) is 4.33. The molecule has 0 saturated heterocycles. The summed E-state index contributed by atoms with van der Waals surface area (Å²) in [4.78, 5) is 30.4. The van der Waals surface area contributed by atoms with Crippen molar-refractivity contribution < 1.29 is 14.7 Å². The minimum Gasteiger partial charge on any atom is -0.465 e. The van der Waals surface area contributed by atoms with Gasteiger partial charge in [0.2, 0.25) is 0 Å². The second-order valence-corrected chi connectivity index (χ2v) is 8.57. The molecule has 1 aliphatic carbocycles. The van der Waals surface area contributed by atoms with E-state index in [1.165, 1.54) is 4.90 Å². The van der Waals surface area contributed by atoms with Gasteiger partial charge in [0, 0.05) is 54.1 Å². The number of pyridine rings is 1. The van der Waals surface area contributed by atoms with Crippen LogP contribution in [0.4, 0.5) is 10.5 Å². The van der Waals surface area contributed by atoms with Crippen LogP contribution in [0.1, 0.15) is 43.5 Å². The van der Waals surface area contributed by atoms with E-state index >= 15 is 0 Å². The van der Waals surface area contributed by atoms with Gasteiger partial charge in [0.1, 0.15) is 0 Å². The molecule has 0 spiro atoms. The van der Waals surface area contributed by atoms with Gasteiger partial charge in [0.25, 0.3) is 5.91 Å². The molecule has 0 unspecified atom stereocenters. The molecular formula is C23H28N6O3. The number of benzene rings is 1. The van der Waals surface area contributed by atoms with E-state index in [4.69, 9.17) is 0 Å². The predicted molar refractivity (Wildman–Crippen MR) is 123 cm³/mol. The van der Waals surface area contributed by atoms with Gasteiger partial charge in [-0.1, -0.05) is 18.2 Å². The molecule has 32 heavy (non-hydrogen) atoms. The van der Waals surface area contributed by atoms with E-state index in [0.717, 1.165) is 40.6 Å². The number of aromatic amines is 1. The minimum absolute atomic E-state index is 0.0749. The van der Waals surface area contributed by atoms with Gasteiger partial charge in [-0.05, 0) is 33.1 Å². The van der Waals surface area contributed by atoms with Gasteiger partial charge in [-0.25, -0.2) is 4.79 Å². The second kappa shape index (κ2) is 8.86. The molecule has 1 aromatic carbocycles. The number of nitrogens with zero attached hydrogens (tertiary/aromatic N) is 3. The van der Waals surface area contributed by atoms with Crippen LogP contribution >= 0.6 is 0 Å². The Morgan fingerprint density at radius 3 is 2.75 bits per heavy atom. The number of carboxylic acid groups (broad SMARTS) is 1. The maximum Gasteiger partial charge on any atom is 0.407 e. The molecule has 0 radical (unpaired) electrons. The lowest BCUT2D eigenvalue weighted by Crippen LogP contribution is -2.38. The summed E-state index contributed by atoms with van der Waals surface area (Å²) < 4.78 is 0. The highest BCUT2D eigenvalue weighted by Crippen LogP contribution is 2.33. The molecule has 1 fully saturated rings. The van der Waals surface area contributed by atoms with Crippen LogP contribution in [0.15, 0.2) is 36.8 Å². The molecular weight excluding hydrogens is 408 g/mol. The third-order valence-corrected chi connectivity index (χ3v) is 5.97. The molecule has 9 nitrogen and oxygen atoms in total. The molecule has 2 aromatic heterocycles. The van der Waals surface area contributed by atoms with Gasteiger partial charge < -0.3 is 20.6 Å². The van der Waals surface area contributed by atoms with E-state index < -0.39 is 6.09 Å². The number of amides is 2. The van der Waals surface area contributed by atoms with Crippen LogP contribution in [0.25, 0.3) is 22.0 Å². The lowest BCUT2D eigenvalue weighted by atomic mass is 10.0. The van der Waals surface area contributed by atoms with Gasteiger partial charge >= 0.3 is 6.09 Å². The SMILES string of the molecule is CC(C)Nc1c(C(=O)N[C@H]2CC[C@H](N(C)C(=O)O)C2)cnc2c(-c3cn[nH]c3)cccc12. The Labute approximate surface area is 186 Å². The van der Waals surface area contributed by atoms with Crippen molar-refractivity contribution in [1.29, 1.82) is 0 Å². The lowest BCUT2D eigenvalue weighted by Gasteiger charge is -2.22. The van der Waals surface area contributed by atoms with Crippen molar-refractivity contribution in [3.05, 3.63) is 42.4 Å². The highest BCUT2D eigenvalue weighted by molar-refractivity contribution is 6.09. The van der Waals surface area contributed by atoms with Gasteiger partial charge in [-0.15, -0.1) is 0 Å². The summed E-state index contributed by atoms with van der Waals surface area (Å²) in [5, 5.41) is 23.5. The molecule has 1 saturated carbocycles. The summed E-state index contributed by atoms with van der Waals surface area (Å²) in [6.07, 6.45) is 6.31. The molecule has 168 valence electrons. The van der Waals surface area contributed by atoms with Crippen molar-refractivity contribution in [2.45, 2.75) is 51.2 Å². The molecule has 4 N–H and O–H groups in total. The summed E-state index contributed by atoms with van der Waals surface area (Å²) in [5.41, 5.74) is 3.87. The summed E-state index contributed by atoms with van der Waals surface area (Å²) in [7, 11) is 1.58. The topological polar surface area (TPSA) is 123 Å². The number of carbonyl (C=O) groups excluding carboxylic acids is 1. The smallest absolute Gasteiger partial charge is 0.407 e. The zero-order valence-corrected chi connectivity index (χ0v) is 18.4. The summed E-state index contributed by atoms with van der Waals surface area (Å²) in [5.74, 6) is -0.208. The van der Waals surface area contributed by atoms with Crippen LogP contribution < -0.4 is 10.6 Å². The lowest BCUT2D eigenvalue weighted by molar-refractivity contribution is 0.0937. The number of nitrogens with one attached hydrogen (secondary N) is 3. The van der Waals surface area contributed by atoms with Gasteiger partial charge in [-0.3, -0.25) is 14.9 Å². The van der Waals surface area contributed by atoms with Crippen molar-refractivity contribution >= 4 is 28.6 Å². The third-order valence-electron chi connectivity index (χ3n) is 5.97. The fraction of sp³-hybridized carbons (Fsp3) is 0.391. The van der Waals surface area contributed by atoms with E-state index in [-0.39, 0.29) is 24.0 Å². The van der Waals surface area contributed by atoms with Gasteiger partial charge in [-0.2, -0.15) is 5.10 Å². The minimum atomic E-state index is -0.947. The van der Waals surface area contributed by atoms with E-state index in [2.05, 4.69) is 25.8 Å². The zero-order valence-electron chi connectivity index (χ0n) is 18.4. The molecule has 0 bridgehead atoms. The Bertz CT molecular complexity index is 1130. The molecule has 4 rings (SSSR count). The highest BCUT2D eigenvalue weighted by Gasteiger charge is 2.31. The number of H-pyrrole nitrogens is 1. The van der Waals surface area contributed by atoms with Crippen LogP contribution in [0.3, 0.4) is 0 Å². The molecule has 2 heterocycles. The summed E-state index contributed by atoms with van der Waals surface area (Å²) in [6, 6.07) is 5.85. The molecule has 9 heteroatoms.